The summed E-state index contributed by atoms with van der Waals surface area (Å²) in [7, 11) is 1.27. The van der Waals surface area contributed by atoms with E-state index in [0.717, 1.165) is 19.7 Å². The van der Waals surface area contributed by atoms with Gasteiger partial charge in [-0.3, -0.25) is 0 Å². The number of aromatic hydroxyl groups is 1. The number of alkyl halides is 1. The molecule has 3 nitrogen and oxygen atoms in total. The van der Waals surface area contributed by atoms with Gasteiger partial charge in [-0.05, 0) is 54.8 Å². The molecule has 0 atom stereocenters. The van der Waals surface area contributed by atoms with Crippen LogP contribution in [-0.4, -0.2) is 18.2 Å². The van der Waals surface area contributed by atoms with E-state index in [4.69, 9.17) is 11.6 Å². The lowest BCUT2D eigenvalue weighted by Crippen LogP contribution is -2.03. The second-order valence-corrected chi connectivity index (χ2v) is 5.75. The number of hydrogen-bond acceptors (Lipinski definition) is 3. The minimum absolute atomic E-state index is 0.0985. The van der Waals surface area contributed by atoms with E-state index in [2.05, 4.69) is 36.6 Å². The number of methoxy groups -OCH3 is 1. The van der Waals surface area contributed by atoms with Gasteiger partial charge in [-0.15, -0.1) is 11.6 Å². The molecule has 0 saturated carbocycles. The van der Waals surface area contributed by atoms with E-state index in [1.54, 1.807) is 6.07 Å². The molecule has 0 aromatic heterocycles. The van der Waals surface area contributed by atoms with Gasteiger partial charge in [0.15, 0.2) is 0 Å². The lowest BCUT2D eigenvalue weighted by Gasteiger charge is -2.12. The zero-order valence-corrected chi connectivity index (χ0v) is 13.8. The van der Waals surface area contributed by atoms with Crippen LogP contribution in [0.5, 0.6) is 5.75 Å². The molecule has 0 saturated heterocycles. The molecule has 1 N–H and O–H groups in total. The molecule has 0 aliphatic carbocycles. The highest BCUT2D eigenvalue weighted by Crippen LogP contribution is 2.39. The summed E-state index contributed by atoms with van der Waals surface area (Å²) < 4.78 is 6.31. The van der Waals surface area contributed by atoms with E-state index in [-0.39, 0.29) is 17.2 Å². The number of hydrogen-bond donors (Lipinski definition) is 1. The molecule has 0 unspecified atom stereocenters. The number of phenolic OH excluding ortho intramolecular Hbond substituents is 1. The number of fused-ring (bicyclic) bond motifs is 1. The summed E-state index contributed by atoms with van der Waals surface area (Å²) in [6.07, 6.45) is 0. The zero-order valence-electron chi connectivity index (χ0n) is 9.84. The average Bonchev–Trinajstić information content (AvgIpc) is 2.41. The van der Waals surface area contributed by atoms with E-state index < -0.39 is 5.97 Å². The number of ether oxygens (including phenoxy) is 1. The maximum absolute atomic E-state index is 11.7. The van der Waals surface area contributed by atoms with Crippen molar-refractivity contribution < 1.29 is 14.6 Å². The summed E-state index contributed by atoms with van der Waals surface area (Å²) in [6, 6.07) is 5.27. The first kappa shape index (κ1) is 14.6. The Labute approximate surface area is 131 Å². The number of rotatable bonds is 2. The SMILES string of the molecule is COC(=O)c1cc2c(Br)c(Br)ccc2c(CCl)c1O. The van der Waals surface area contributed by atoms with Crippen molar-refractivity contribution in [2.75, 3.05) is 7.11 Å². The fourth-order valence-corrected chi connectivity index (χ4v) is 2.95. The average molecular weight is 408 g/mol. The molecule has 0 bridgehead atoms. The molecule has 0 spiro atoms. The van der Waals surface area contributed by atoms with Crippen molar-refractivity contribution in [3.05, 3.63) is 38.3 Å². The van der Waals surface area contributed by atoms with Gasteiger partial charge >= 0.3 is 5.97 Å². The fraction of sp³-hybridized carbons (Fsp3) is 0.154. The smallest absolute Gasteiger partial charge is 0.341 e. The first-order valence-electron chi connectivity index (χ1n) is 5.28. The topological polar surface area (TPSA) is 46.5 Å². The standard InChI is InChI=1S/C13H9Br2ClO3/c1-19-13(18)8-4-7-6(9(5-16)12(8)17)2-3-10(14)11(7)15/h2-4,17H,5H2,1H3. The van der Waals surface area contributed by atoms with Crippen LogP contribution in [0.2, 0.25) is 0 Å². The van der Waals surface area contributed by atoms with Crippen molar-refractivity contribution in [3.8, 4) is 5.75 Å². The summed E-state index contributed by atoms with van der Waals surface area (Å²) in [5, 5.41) is 11.7. The van der Waals surface area contributed by atoms with E-state index in [1.165, 1.54) is 7.11 Å². The van der Waals surface area contributed by atoms with Crippen LogP contribution in [0.3, 0.4) is 0 Å². The molecular weight excluding hydrogens is 399 g/mol. The fourth-order valence-electron chi connectivity index (χ4n) is 1.87. The highest BCUT2D eigenvalue weighted by Gasteiger charge is 2.19. The van der Waals surface area contributed by atoms with Crippen molar-refractivity contribution in [2.45, 2.75) is 5.88 Å². The van der Waals surface area contributed by atoms with Gasteiger partial charge in [-0.1, -0.05) is 6.07 Å². The molecule has 19 heavy (non-hydrogen) atoms. The first-order valence-corrected chi connectivity index (χ1v) is 7.40. The Morgan fingerprint density at radius 2 is 2.05 bits per heavy atom. The molecule has 2 aromatic rings. The van der Waals surface area contributed by atoms with Crippen LogP contribution in [0.25, 0.3) is 10.8 Å². The van der Waals surface area contributed by atoms with Gasteiger partial charge in [0.05, 0.1) is 13.0 Å². The highest BCUT2D eigenvalue weighted by molar-refractivity contribution is 9.13. The van der Waals surface area contributed by atoms with Gasteiger partial charge in [-0.2, -0.15) is 0 Å². The Morgan fingerprint density at radius 3 is 2.63 bits per heavy atom. The number of carbonyl (C=O) groups is 1. The Kier molecular flexibility index (Phi) is 4.38. The Morgan fingerprint density at radius 1 is 1.37 bits per heavy atom. The van der Waals surface area contributed by atoms with Crippen LogP contribution < -0.4 is 0 Å². The maximum Gasteiger partial charge on any atom is 0.341 e. The second-order valence-electron chi connectivity index (χ2n) is 3.83. The first-order chi connectivity index (χ1) is 9.01. The number of esters is 1. The molecule has 100 valence electrons. The molecule has 2 aromatic carbocycles. The van der Waals surface area contributed by atoms with E-state index in [0.29, 0.717) is 5.56 Å². The minimum atomic E-state index is -0.599. The van der Waals surface area contributed by atoms with Crippen LogP contribution in [0.1, 0.15) is 15.9 Å². The minimum Gasteiger partial charge on any atom is -0.507 e. The van der Waals surface area contributed by atoms with E-state index in [9.17, 15) is 9.90 Å². The third-order valence-electron chi connectivity index (χ3n) is 2.83. The number of halogens is 3. The zero-order chi connectivity index (χ0) is 14.2. The molecule has 0 aliphatic heterocycles. The second kappa shape index (κ2) is 5.69. The van der Waals surface area contributed by atoms with Gasteiger partial charge in [0.25, 0.3) is 0 Å². The molecular formula is C13H9Br2ClO3. The van der Waals surface area contributed by atoms with Gasteiger partial charge in [0.1, 0.15) is 11.3 Å². The van der Waals surface area contributed by atoms with E-state index in [1.807, 2.05) is 12.1 Å². The lowest BCUT2D eigenvalue weighted by atomic mass is 10.00. The molecule has 0 fully saturated rings. The molecule has 0 heterocycles. The van der Waals surface area contributed by atoms with Crippen LogP contribution in [0, 0.1) is 0 Å². The summed E-state index contributed by atoms with van der Waals surface area (Å²) in [6.45, 7) is 0. The quantitative estimate of drug-likeness (QED) is 0.584. The molecule has 2 rings (SSSR count). The molecule has 0 aliphatic rings. The summed E-state index contributed by atoms with van der Waals surface area (Å²) in [5.74, 6) is -0.637. The summed E-state index contributed by atoms with van der Waals surface area (Å²) in [5.41, 5.74) is 0.609. The predicted octanol–water partition coefficient (Wildman–Crippen LogP) is 4.60. The Hall–Kier alpha value is -0.780. The Bertz CT molecular complexity index is 671. The van der Waals surface area contributed by atoms with Crippen LogP contribution in [0.15, 0.2) is 27.1 Å². The summed E-state index contributed by atoms with van der Waals surface area (Å²) in [4.78, 5) is 11.7. The van der Waals surface area contributed by atoms with Crippen molar-refractivity contribution in [2.24, 2.45) is 0 Å². The van der Waals surface area contributed by atoms with Crippen LogP contribution in [-0.2, 0) is 10.6 Å². The monoisotopic (exact) mass is 406 g/mol. The third-order valence-corrected chi connectivity index (χ3v) is 5.14. The van der Waals surface area contributed by atoms with Crippen molar-refractivity contribution in [1.82, 2.24) is 0 Å². The van der Waals surface area contributed by atoms with Gasteiger partial charge in [0.2, 0.25) is 0 Å². The van der Waals surface area contributed by atoms with Gasteiger partial charge < -0.3 is 9.84 Å². The maximum atomic E-state index is 11.7. The number of benzene rings is 2. The van der Waals surface area contributed by atoms with Crippen LogP contribution >= 0.6 is 43.5 Å². The molecule has 0 radical (unpaired) electrons. The van der Waals surface area contributed by atoms with Crippen molar-refractivity contribution in [3.63, 3.8) is 0 Å². The molecule has 0 amide bonds. The summed E-state index contributed by atoms with van der Waals surface area (Å²) >= 11 is 12.7. The molecule has 6 heteroatoms. The Balaban J connectivity index is 2.91. The third kappa shape index (κ3) is 2.47. The van der Waals surface area contributed by atoms with Crippen molar-refractivity contribution >= 4 is 60.2 Å². The number of carbonyl (C=O) groups excluding carboxylic acids is 1. The van der Waals surface area contributed by atoms with Gasteiger partial charge in [0, 0.05) is 14.5 Å². The lowest BCUT2D eigenvalue weighted by molar-refractivity contribution is 0.0597. The van der Waals surface area contributed by atoms with Crippen LogP contribution in [0.4, 0.5) is 0 Å². The van der Waals surface area contributed by atoms with E-state index >= 15 is 0 Å². The number of phenols is 1. The highest BCUT2D eigenvalue weighted by atomic mass is 79.9. The largest absolute Gasteiger partial charge is 0.507 e. The predicted molar refractivity (Wildman–Crippen MR) is 81.9 cm³/mol. The van der Waals surface area contributed by atoms with Crippen molar-refractivity contribution in [1.29, 1.82) is 0 Å². The van der Waals surface area contributed by atoms with Gasteiger partial charge in [-0.25, -0.2) is 4.79 Å². The normalized spacial score (nSPS) is 10.7.